The van der Waals surface area contributed by atoms with Crippen LogP contribution in [0.15, 0.2) is 35.5 Å². The van der Waals surface area contributed by atoms with E-state index in [-0.39, 0.29) is 22.8 Å². The quantitative estimate of drug-likeness (QED) is 0.623. The molecule has 3 heterocycles. The van der Waals surface area contributed by atoms with Gasteiger partial charge in [0.1, 0.15) is 11.6 Å². The number of aromatic nitrogens is 2. The Bertz CT molecular complexity index is 1140. The lowest BCUT2D eigenvalue weighted by atomic mass is 9.96. The van der Waals surface area contributed by atoms with Gasteiger partial charge < -0.3 is 19.1 Å². The van der Waals surface area contributed by atoms with E-state index in [4.69, 9.17) is 4.74 Å². The molecule has 2 saturated heterocycles. The third-order valence-corrected chi connectivity index (χ3v) is 8.46. The van der Waals surface area contributed by atoms with Gasteiger partial charge in [0.2, 0.25) is 5.91 Å². The smallest absolute Gasteiger partial charge is 0.262 e. The average molecular weight is 490 g/mol. The van der Waals surface area contributed by atoms with Gasteiger partial charge in [-0.15, -0.1) is 0 Å². The minimum Gasteiger partial charge on any atom is -0.497 e. The summed E-state index contributed by atoms with van der Waals surface area (Å²) in [5.41, 5.74) is 0.566. The van der Waals surface area contributed by atoms with Gasteiger partial charge in [0, 0.05) is 64.0 Å². The van der Waals surface area contributed by atoms with E-state index in [1.807, 2.05) is 0 Å². The summed E-state index contributed by atoms with van der Waals surface area (Å²) in [6.07, 6.45) is 2.48. The van der Waals surface area contributed by atoms with Crippen LogP contribution in [0.5, 0.6) is 5.75 Å². The summed E-state index contributed by atoms with van der Waals surface area (Å²) in [7, 11) is -0.340. The molecule has 2 aromatic rings. The van der Waals surface area contributed by atoms with Crippen LogP contribution in [0.4, 0.5) is 0 Å². The van der Waals surface area contributed by atoms with Crippen molar-refractivity contribution in [2.75, 3.05) is 46.4 Å². The van der Waals surface area contributed by atoms with Crippen LogP contribution in [0.2, 0.25) is 0 Å². The number of hydrogen-bond donors (Lipinski definition) is 0. The fraction of sp³-hybridized carbons (Fsp3) is 0.522. The molecule has 1 aromatic carbocycles. The molecule has 0 bridgehead atoms. The van der Waals surface area contributed by atoms with Crippen molar-refractivity contribution >= 4 is 21.8 Å². The number of amides is 2. The Morgan fingerprint density at radius 1 is 1.03 bits per heavy atom. The summed E-state index contributed by atoms with van der Waals surface area (Å²) in [5.74, 6) is 1.02. The first-order valence-corrected chi connectivity index (χ1v) is 12.9. The number of nitrogens with zero attached hydrogens (tertiary/aromatic N) is 5. The van der Waals surface area contributed by atoms with Crippen LogP contribution >= 0.6 is 0 Å². The fourth-order valence-corrected chi connectivity index (χ4v) is 5.95. The van der Waals surface area contributed by atoms with E-state index >= 15 is 0 Å². The molecule has 10 nitrogen and oxygen atoms in total. The van der Waals surface area contributed by atoms with Crippen LogP contribution in [-0.2, 0) is 21.9 Å². The van der Waals surface area contributed by atoms with Gasteiger partial charge in [0.05, 0.1) is 7.11 Å². The topological polar surface area (TPSA) is 105 Å². The third kappa shape index (κ3) is 4.80. The van der Waals surface area contributed by atoms with Gasteiger partial charge in [-0.05, 0) is 38.0 Å². The molecule has 4 rings (SSSR count). The minimum atomic E-state index is -3.66. The summed E-state index contributed by atoms with van der Waals surface area (Å²) in [4.78, 5) is 33.6. The molecular weight excluding hydrogens is 458 g/mol. The third-order valence-electron chi connectivity index (χ3n) is 6.69. The molecule has 0 N–H and O–H groups in total. The molecule has 0 atom stereocenters. The maximum absolute atomic E-state index is 13.1. The van der Waals surface area contributed by atoms with E-state index in [2.05, 4.69) is 4.98 Å². The van der Waals surface area contributed by atoms with Crippen LogP contribution in [-0.4, -0.2) is 90.3 Å². The molecule has 184 valence electrons. The Labute approximate surface area is 200 Å². The number of piperidine rings is 1. The lowest BCUT2D eigenvalue weighted by Gasteiger charge is -2.38. The predicted molar refractivity (Wildman–Crippen MR) is 125 cm³/mol. The van der Waals surface area contributed by atoms with Gasteiger partial charge in [0.15, 0.2) is 5.03 Å². The largest absolute Gasteiger partial charge is 0.497 e. The molecule has 0 radical (unpaired) electrons. The van der Waals surface area contributed by atoms with Crippen molar-refractivity contribution in [1.82, 2.24) is 23.7 Å². The van der Waals surface area contributed by atoms with E-state index in [1.165, 1.54) is 10.5 Å². The number of carbonyl (C=O) groups excluding carboxylic acids is 2. The van der Waals surface area contributed by atoms with E-state index < -0.39 is 10.0 Å². The number of sulfonamides is 1. The van der Waals surface area contributed by atoms with E-state index in [1.54, 1.807) is 59.7 Å². The highest BCUT2D eigenvalue weighted by Crippen LogP contribution is 2.25. The number of ether oxygens (including phenoxy) is 1. The van der Waals surface area contributed by atoms with Crippen molar-refractivity contribution < 1.29 is 22.7 Å². The SMILES string of the molecule is COc1cccc(C(=O)N2CCN(C(=O)C3CCN(S(=O)(=O)c4cn(C)c(C)n4)CC3)CC2)c1. The van der Waals surface area contributed by atoms with Crippen molar-refractivity contribution in [1.29, 1.82) is 0 Å². The fourth-order valence-electron chi connectivity index (χ4n) is 4.45. The standard InChI is InChI=1S/C23H31N5O5S/c1-17-24-21(16-25(17)2)34(31,32)28-9-7-18(8-10-28)22(29)26-11-13-27(14-12-26)23(30)19-5-4-6-20(15-19)33-3/h4-6,15-16,18H,7-14H2,1-3H3. The van der Waals surface area contributed by atoms with Gasteiger partial charge >= 0.3 is 0 Å². The van der Waals surface area contributed by atoms with Crippen LogP contribution in [0.1, 0.15) is 29.0 Å². The first-order chi connectivity index (χ1) is 16.2. The zero-order valence-electron chi connectivity index (χ0n) is 19.8. The van der Waals surface area contributed by atoms with Gasteiger partial charge in [-0.3, -0.25) is 9.59 Å². The van der Waals surface area contributed by atoms with E-state index in [9.17, 15) is 18.0 Å². The van der Waals surface area contributed by atoms with Crippen molar-refractivity contribution in [3.05, 3.63) is 41.9 Å². The van der Waals surface area contributed by atoms with Gasteiger partial charge in [-0.2, -0.15) is 4.31 Å². The molecule has 34 heavy (non-hydrogen) atoms. The molecular formula is C23H31N5O5S. The molecule has 2 aliphatic rings. The first kappa shape index (κ1) is 24.2. The van der Waals surface area contributed by atoms with Crippen LogP contribution < -0.4 is 4.74 Å². The summed E-state index contributed by atoms with van der Waals surface area (Å²) < 4.78 is 34.1. The van der Waals surface area contributed by atoms with Crippen molar-refractivity contribution in [2.45, 2.75) is 24.8 Å². The number of methoxy groups -OCH3 is 1. The Hall–Kier alpha value is -2.92. The van der Waals surface area contributed by atoms with Gasteiger partial charge in [-0.25, -0.2) is 13.4 Å². The predicted octanol–water partition coefficient (Wildman–Crippen LogP) is 1.12. The number of aryl methyl sites for hydroxylation is 2. The molecule has 2 amide bonds. The number of rotatable bonds is 5. The normalized spacial score (nSPS) is 18.2. The number of carbonyl (C=O) groups is 2. The van der Waals surface area contributed by atoms with Gasteiger partial charge in [0.25, 0.3) is 15.9 Å². The Morgan fingerprint density at radius 2 is 1.68 bits per heavy atom. The molecule has 2 fully saturated rings. The maximum Gasteiger partial charge on any atom is 0.262 e. The lowest BCUT2D eigenvalue weighted by Crippen LogP contribution is -2.53. The Balaban J connectivity index is 1.30. The highest BCUT2D eigenvalue weighted by atomic mass is 32.2. The number of benzene rings is 1. The Kier molecular flexibility index (Phi) is 6.94. The molecule has 0 spiro atoms. The second kappa shape index (κ2) is 9.75. The maximum atomic E-state index is 13.1. The number of piperazine rings is 1. The zero-order valence-corrected chi connectivity index (χ0v) is 20.6. The molecule has 11 heteroatoms. The number of hydrogen-bond acceptors (Lipinski definition) is 6. The summed E-state index contributed by atoms with van der Waals surface area (Å²) in [5, 5.41) is 0.0501. The van der Waals surface area contributed by atoms with Crippen molar-refractivity contribution in [3.8, 4) is 5.75 Å². The second-order valence-corrected chi connectivity index (χ2v) is 10.6. The highest BCUT2D eigenvalue weighted by Gasteiger charge is 2.36. The number of imidazole rings is 1. The average Bonchev–Trinajstić information content (AvgIpc) is 3.22. The summed E-state index contributed by atoms with van der Waals surface area (Å²) in [6.45, 7) is 4.22. The summed E-state index contributed by atoms with van der Waals surface area (Å²) >= 11 is 0. The van der Waals surface area contributed by atoms with E-state index in [0.717, 1.165) is 0 Å². The molecule has 0 saturated carbocycles. The monoisotopic (exact) mass is 489 g/mol. The lowest BCUT2D eigenvalue weighted by molar-refractivity contribution is -0.138. The van der Waals surface area contributed by atoms with Crippen molar-refractivity contribution in [2.24, 2.45) is 13.0 Å². The van der Waals surface area contributed by atoms with Crippen LogP contribution in [0.3, 0.4) is 0 Å². The summed E-state index contributed by atoms with van der Waals surface area (Å²) in [6, 6.07) is 7.05. The molecule has 2 aliphatic heterocycles. The Morgan fingerprint density at radius 3 is 2.26 bits per heavy atom. The van der Waals surface area contributed by atoms with Gasteiger partial charge in [-0.1, -0.05) is 6.07 Å². The van der Waals surface area contributed by atoms with Crippen molar-refractivity contribution in [3.63, 3.8) is 0 Å². The van der Waals surface area contributed by atoms with Crippen LogP contribution in [0.25, 0.3) is 0 Å². The van der Waals surface area contributed by atoms with Crippen LogP contribution in [0, 0.1) is 12.8 Å². The first-order valence-electron chi connectivity index (χ1n) is 11.4. The molecule has 0 unspecified atom stereocenters. The highest BCUT2D eigenvalue weighted by molar-refractivity contribution is 7.89. The second-order valence-electron chi connectivity index (χ2n) is 8.77. The molecule has 0 aliphatic carbocycles. The minimum absolute atomic E-state index is 0.0409. The van der Waals surface area contributed by atoms with E-state index in [0.29, 0.717) is 69.2 Å². The molecule has 1 aromatic heterocycles. The zero-order chi connectivity index (χ0) is 24.5.